The molecule has 5 amide bonds. The highest BCUT2D eigenvalue weighted by molar-refractivity contribution is 6.25. The van der Waals surface area contributed by atoms with E-state index >= 15 is 8.78 Å². The second-order valence-electron chi connectivity index (χ2n) is 17.7. The highest BCUT2D eigenvalue weighted by atomic mass is 19.1. The van der Waals surface area contributed by atoms with Crippen molar-refractivity contribution < 1.29 is 42.2 Å². The number of carbonyl (C=O) groups is 5. The lowest BCUT2D eigenvalue weighted by molar-refractivity contribution is -0.136. The molecule has 18 nitrogen and oxygen atoms in total. The zero-order chi connectivity index (χ0) is 48.2. The molecule has 20 heteroatoms. The van der Waals surface area contributed by atoms with Crippen LogP contribution >= 0.6 is 0 Å². The van der Waals surface area contributed by atoms with Crippen LogP contribution < -0.4 is 21.3 Å². The highest BCUT2D eigenvalue weighted by Crippen LogP contribution is 2.36. The fraction of sp³-hybridized carbons (Fsp3) is 0.438. The lowest BCUT2D eigenvalue weighted by atomic mass is 9.87. The number of anilines is 3. The van der Waals surface area contributed by atoms with E-state index in [2.05, 4.69) is 46.1 Å². The molecule has 2 aromatic carbocycles. The van der Waals surface area contributed by atoms with E-state index in [0.717, 1.165) is 29.5 Å². The predicted octanol–water partition coefficient (Wildman–Crippen LogP) is 5.62. The number of amides is 5. The average molecular weight is 936 g/mol. The summed E-state index contributed by atoms with van der Waals surface area (Å²) in [6, 6.07) is 10.5. The third kappa shape index (κ3) is 10.4. The number of aryl methyl sites for hydroxylation is 1. The molecule has 4 N–H and O–H groups in total. The van der Waals surface area contributed by atoms with Crippen LogP contribution in [0, 0.1) is 24.5 Å². The van der Waals surface area contributed by atoms with E-state index in [-0.39, 0.29) is 96.5 Å². The van der Waals surface area contributed by atoms with Crippen molar-refractivity contribution in [3.63, 3.8) is 0 Å². The van der Waals surface area contributed by atoms with Crippen LogP contribution in [0.15, 0.2) is 54.9 Å². The van der Waals surface area contributed by atoms with Crippen LogP contribution in [0.4, 0.5) is 26.2 Å². The molecule has 0 spiro atoms. The molecule has 8 rings (SSSR count). The molecule has 0 radical (unpaired) electrons. The number of nitrogens with zero attached hydrogens (tertiary/aromatic N) is 7. The van der Waals surface area contributed by atoms with Gasteiger partial charge in [0.15, 0.2) is 11.6 Å². The van der Waals surface area contributed by atoms with Crippen LogP contribution in [-0.2, 0) is 23.9 Å². The van der Waals surface area contributed by atoms with Gasteiger partial charge in [0.25, 0.3) is 11.8 Å². The number of hydrogen-bond acceptors (Lipinski definition) is 14. The van der Waals surface area contributed by atoms with Crippen molar-refractivity contribution in [1.29, 1.82) is 0 Å². The smallest absolute Gasteiger partial charge is 0.264 e. The van der Waals surface area contributed by atoms with Gasteiger partial charge in [0.1, 0.15) is 28.9 Å². The Hall–Kier alpha value is -6.77. The number of carbonyl (C=O) groups excluding carboxylic acids is 5. The first-order valence-electron chi connectivity index (χ1n) is 22.9. The normalized spacial score (nSPS) is 17.3. The summed E-state index contributed by atoms with van der Waals surface area (Å²) in [6.07, 6.45) is 4.22. The summed E-state index contributed by atoms with van der Waals surface area (Å²) in [5.74, 6) is -2.29. The number of halogens is 2. The number of pyridine rings is 1. The number of likely N-dealkylation sites (tertiary alicyclic amines) is 1. The number of imidazole rings is 1. The van der Waals surface area contributed by atoms with Crippen molar-refractivity contribution in [3.05, 3.63) is 89.0 Å². The Kier molecular flexibility index (Phi) is 14.5. The van der Waals surface area contributed by atoms with Crippen LogP contribution in [0.3, 0.4) is 0 Å². The fourth-order valence-corrected chi connectivity index (χ4v) is 9.16. The number of fused-ring (bicyclic) bond motifs is 2. The average Bonchev–Trinajstić information content (AvgIpc) is 3.78. The second-order valence-corrected chi connectivity index (χ2v) is 17.7. The van der Waals surface area contributed by atoms with Gasteiger partial charge in [0.05, 0.1) is 54.8 Å². The van der Waals surface area contributed by atoms with Crippen LogP contribution in [0.5, 0.6) is 0 Å². The summed E-state index contributed by atoms with van der Waals surface area (Å²) in [4.78, 5) is 83.9. The SMILES string of the molecule is Cc1nc2c(F)cc(-c3nc(Nc4ccc([C@H](OC(C)C)C5CCN(CC(=O)NCCOCCNc6cccc7c6C(=O)N(C6CCC(=O)NC6=O)C7=O)CC5)cn4)ncc3F)cc2n1C(C)C. The van der Waals surface area contributed by atoms with E-state index in [9.17, 15) is 24.0 Å². The Morgan fingerprint density at radius 2 is 1.69 bits per heavy atom. The molecule has 2 saturated heterocycles. The van der Waals surface area contributed by atoms with Gasteiger partial charge in [-0.1, -0.05) is 12.1 Å². The van der Waals surface area contributed by atoms with Crippen molar-refractivity contribution in [1.82, 2.24) is 44.9 Å². The second kappa shape index (κ2) is 20.6. The molecule has 6 heterocycles. The summed E-state index contributed by atoms with van der Waals surface area (Å²) in [7, 11) is 0. The Labute approximate surface area is 391 Å². The first-order chi connectivity index (χ1) is 32.7. The predicted molar refractivity (Wildman–Crippen MR) is 247 cm³/mol. The maximum atomic E-state index is 15.2. The van der Waals surface area contributed by atoms with Crippen LogP contribution in [0.1, 0.15) is 97.6 Å². The number of imide groups is 2. The van der Waals surface area contributed by atoms with E-state index in [1.165, 1.54) is 12.1 Å². The lowest BCUT2D eigenvalue weighted by Gasteiger charge is -2.36. The number of ether oxygens (including phenoxy) is 2. The summed E-state index contributed by atoms with van der Waals surface area (Å²) in [5.41, 5.74) is 2.66. The molecule has 0 aliphatic carbocycles. The molecular formula is C48H55F2N11O7. The van der Waals surface area contributed by atoms with Crippen LogP contribution in [0.25, 0.3) is 22.3 Å². The lowest BCUT2D eigenvalue weighted by Crippen LogP contribution is -2.54. The molecule has 1 unspecified atom stereocenters. The number of benzene rings is 2. The number of nitrogens with one attached hydrogen (secondary N) is 4. The van der Waals surface area contributed by atoms with E-state index in [0.29, 0.717) is 49.0 Å². The summed E-state index contributed by atoms with van der Waals surface area (Å²) in [6.45, 7) is 12.5. The van der Waals surface area contributed by atoms with Crippen molar-refractivity contribution in [2.75, 3.05) is 56.6 Å². The van der Waals surface area contributed by atoms with Crippen molar-refractivity contribution in [2.45, 2.75) is 84.6 Å². The molecule has 2 atom stereocenters. The molecule has 0 bridgehead atoms. The fourth-order valence-electron chi connectivity index (χ4n) is 9.16. The number of piperidine rings is 2. The molecule has 3 aliphatic rings. The maximum absolute atomic E-state index is 15.2. The third-order valence-electron chi connectivity index (χ3n) is 12.3. The van der Waals surface area contributed by atoms with Gasteiger partial charge in [-0.2, -0.15) is 0 Å². The van der Waals surface area contributed by atoms with Crippen LogP contribution in [0.2, 0.25) is 0 Å². The van der Waals surface area contributed by atoms with E-state index in [1.807, 2.05) is 38.3 Å². The van der Waals surface area contributed by atoms with Gasteiger partial charge in [-0.3, -0.25) is 39.1 Å². The van der Waals surface area contributed by atoms with Gasteiger partial charge < -0.3 is 30.0 Å². The molecule has 0 saturated carbocycles. The van der Waals surface area contributed by atoms with Crippen molar-refractivity contribution >= 4 is 58.0 Å². The summed E-state index contributed by atoms with van der Waals surface area (Å²) in [5, 5.41) is 11.3. The Morgan fingerprint density at radius 1 is 0.912 bits per heavy atom. The quantitative estimate of drug-likeness (QED) is 0.0620. The van der Waals surface area contributed by atoms with Gasteiger partial charge in [-0.05, 0) is 109 Å². The standard InChI is InChI=1S/C48H55F2N11O7/c1-26(2)60-28(5)55-43-33(49)21-31(22-37(43)60)42-34(50)24-54-48(58-42)56-38-11-9-30(23-53-38)44(68-27(3)4)29-13-17-59(18-14-29)25-40(63)52-16-20-67-19-15-51-35-8-6-7-32-41(35)47(66)61(46(32)65)36-10-12-39(62)57-45(36)64/h6-9,11,21-24,26-27,29,36,44,51H,10,12-20,25H2,1-5H3,(H,52,63)(H,57,62,64)(H,53,54,56,58)/t36?,44-/m1/s1. The largest absolute Gasteiger partial charge is 0.382 e. The number of rotatable bonds is 18. The first kappa shape index (κ1) is 47.7. The number of hydrogen-bond donors (Lipinski definition) is 4. The Bertz CT molecular complexity index is 2720. The molecule has 3 aromatic heterocycles. The van der Waals surface area contributed by atoms with Crippen LogP contribution in [-0.4, -0.2) is 122 Å². The van der Waals surface area contributed by atoms with E-state index < -0.39 is 41.3 Å². The highest BCUT2D eigenvalue weighted by Gasteiger charge is 2.45. The molecule has 2 fully saturated rings. The molecule has 68 heavy (non-hydrogen) atoms. The van der Waals surface area contributed by atoms with E-state index in [1.54, 1.807) is 37.4 Å². The van der Waals surface area contributed by atoms with Crippen molar-refractivity contribution in [2.24, 2.45) is 5.92 Å². The number of aromatic nitrogens is 5. The van der Waals surface area contributed by atoms with Gasteiger partial charge in [0, 0.05) is 43.0 Å². The minimum Gasteiger partial charge on any atom is -0.382 e. The van der Waals surface area contributed by atoms with Crippen molar-refractivity contribution in [3.8, 4) is 11.3 Å². The van der Waals surface area contributed by atoms with Gasteiger partial charge in [0.2, 0.25) is 23.7 Å². The molecule has 3 aliphatic heterocycles. The van der Waals surface area contributed by atoms with Gasteiger partial charge >= 0.3 is 0 Å². The zero-order valence-corrected chi connectivity index (χ0v) is 38.6. The van der Waals surface area contributed by atoms with Gasteiger partial charge in [-0.15, -0.1) is 0 Å². The van der Waals surface area contributed by atoms with Gasteiger partial charge in [-0.25, -0.2) is 28.7 Å². The molecular weight excluding hydrogens is 881 g/mol. The van der Waals surface area contributed by atoms with E-state index in [4.69, 9.17) is 9.47 Å². The minimum absolute atomic E-state index is 0.0124. The first-order valence-corrected chi connectivity index (χ1v) is 22.9. The summed E-state index contributed by atoms with van der Waals surface area (Å²) < 4.78 is 44.4. The molecule has 358 valence electrons. The monoisotopic (exact) mass is 935 g/mol. The third-order valence-corrected chi connectivity index (χ3v) is 12.3. The molecule has 5 aromatic rings. The zero-order valence-electron chi connectivity index (χ0n) is 38.6. The Morgan fingerprint density at radius 3 is 2.41 bits per heavy atom. The minimum atomic E-state index is -1.05. The maximum Gasteiger partial charge on any atom is 0.264 e. The summed E-state index contributed by atoms with van der Waals surface area (Å²) >= 11 is 0. The Balaban J connectivity index is 0.778. The topological polar surface area (TPSA) is 215 Å².